The summed E-state index contributed by atoms with van der Waals surface area (Å²) in [6.45, 7) is 0. The Morgan fingerprint density at radius 1 is 1.19 bits per heavy atom. The van der Waals surface area contributed by atoms with Gasteiger partial charge in [-0.2, -0.15) is 23.5 Å². The summed E-state index contributed by atoms with van der Waals surface area (Å²) in [4.78, 5) is 0. The van der Waals surface area contributed by atoms with Crippen LogP contribution in [-0.4, -0.2) is 9.78 Å². The van der Waals surface area contributed by atoms with Crippen LogP contribution in [0.3, 0.4) is 0 Å². The van der Waals surface area contributed by atoms with Crippen molar-refractivity contribution < 1.29 is 13.2 Å². The van der Waals surface area contributed by atoms with Crippen LogP contribution in [0.15, 0.2) is 12.1 Å². The normalized spacial score (nSPS) is 11.5. The number of halogens is 6. The molecule has 21 heavy (non-hydrogen) atoms. The topological polar surface area (TPSA) is 67.6 Å². The molecule has 0 spiro atoms. The number of alkyl halides is 3. The summed E-state index contributed by atoms with van der Waals surface area (Å²) < 4.78 is 38.9. The summed E-state index contributed by atoms with van der Waals surface area (Å²) in [5.74, 6) is -0.175. The van der Waals surface area contributed by atoms with E-state index >= 15 is 0 Å². The van der Waals surface area contributed by atoms with E-state index < -0.39 is 11.7 Å². The molecule has 0 unspecified atom stereocenters. The van der Waals surface area contributed by atoms with Gasteiger partial charge >= 0.3 is 6.18 Å². The summed E-state index contributed by atoms with van der Waals surface area (Å²) in [7, 11) is 0. The number of rotatable bonds is 1. The third-order valence-corrected chi connectivity index (χ3v) is 3.39. The zero-order valence-corrected chi connectivity index (χ0v) is 12.1. The molecule has 0 saturated carbocycles. The highest BCUT2D eigenvalue weighted by atomic mass is 35.5. The van der Waals surface area contributed by atoms with Gasteiger partial charge in [0, 0.05) is 0 Å². The van der Waals surface area contributed by atoms with Gasteiger partial charge in [0.1, 0.15) is 23.1 Å². The van der Waals surface area contributed by atoms with E-state index in [-0.39, 0.29) is 32.3 Å². The molecule has 4 nitrogen and oxygen atoms in total. The first-order chi connectivity index (χ1) is 9.66. The van der Waals surface area contributed by atoms with E-state index in [1.165, 1.54) is 0 Å². The van der Waals surface area contributed by atoms with Crippen LogP contribution < -0.4 is 5.73 Å². The molecule has 1 heterocycles. The average molecular weight is 356 g/mol. The summed E-state index contributed by atoms with van der Waals surface area (Å²) >= 11 is 17.4. The fourth-order valence-electron chi connectivity index (χ4n) is 1.61. The highest BCUT2D eigenvalue weighted by molar-refractivity contribution is 6.38. The number of nitrogens with zero attached hydrogens (tertiary/aromatic N) is 3. The molecule has 0 radical (unpaired) electrons. The number of nitrogen functional groups attached to an aromatic ring is 1. The second-order valence-corrected chi connectivity index (χ2v) is 5.03. The van der Waals surface area contributed by atoms with Gasteiger partial charge in [-0.15, -0.1) is 0 Å². The Kier molecular flexibility index (Phi) is 3.97. The molecule has 0 atom stereocenters. The lowest BCUT2D eigenvalue weighted by atomic mass is 10.2. The molecule has 0 saturated heterocycles. The van der Waals surface area contributed by atoms with Gasteiger partial charge in [0.2, 0.25) is 0 Å². The van der Waals surface area contributed by atoms with E-state index in [9.17, 15) is 13.2 Å². The van der Waals surface area contributed by atoms with Crippen molar-refractivity contribution in [3.05, 3.63) is 38.5 Å². The number of nitriles is 1. The number of nitrogens with two attached hydrogens (primary N) is 1. The molecule has 2 N–H and O–H groups in total. The largest absolute Gasteiger partial charge is 0.416 e. The van der Waals surface area contributed by atoms with E-state index in [1.54, 1.807) is 6.07 Å². The molecule has 2 rings (SSSR count). The lowest BCUT2D eigenvalue weighted by molar-refractivity contribution is -0.137. The van der Waals surface area contributed by atoms with Gasteiger partial charge < -0.3 is 5.73 Å². The van der Waals surface area contributed by atoms with Gasteiger partial charge in [-0.1, -0.05) is 34.8 Å². The van der Waals surface area contributed by atoms with E-state index in [1.807, 2.05) is 0 Å². The third kappa shape index (κ3) is 2.75. The highest BCUT2D eigenvalue weighted by Crippen LogP contribution is 2.38. The number of anilines is 1. The molecule has 0 bridgehead atoms. The summed E-state index contributed by atoms with van der Waals surface area (Å²) in [6, 6.07) is 3.09. The van der Waals surface area contributed by atoms with E-state index in [2.05, 4.69) is 5.10 Å². The van der Waals surface area contributed by atoms with Gasteiger partial charge in [-0.25, -0.2) is 4.68 Å². The fraction of sp³-hybridized carbons (Fsp3) is 0.0909. The molecule has 0 amide bonds. The molecular weight excluding hydrogens is 352 g/mol. The third-order valence-electron chi connectivity index (χ3n) is 2.55. The first-order valence-electron chi connectivity index (χ1n) is 5.17. The zero-order chi connectivity index (χ0) is 15.9. The van der Waals surface area contributed by atoms with Gasteiger partial charge in [-0.05, 0) is 12.1 Å². The number of benzene rings is 1. The van der Waals surface area contributed by atoms with Crippen LogP contribution in [0, 0.1) is 11.3 Å². The highest BCUT2D eigenvalue weighted by Gasteiger charge is 2.32. The summed E-state index contributed by atoms with van der Waals surface area (Å²) in [5.41, 5.74) is 4.44. The van der Waals surface area contributed by atoms with Gasteiger partial charge in [0.05, 0.1) is 15.6 Å². The first-order valence-corrected chi connectivity index (χ1v) is 6.31. The van der Waals surface area contributed by atoms with Crippen molar-refractivity contribution in [1.82, 2.24) is 9.78 Å². The molecule has 0 aliphatic heterocycles. The molecule has 1 aromatic carbocycles. The van der Waals surface area contributed by atoms with Crippen LogP contribution in [0.2, 0.25) is 15.2 Å². The predicted molar refractivity (Wildman–Crippen MR) is 72.7 cm³/mol. The Hall–Kier alpha value is -1.62. The molecule has 2 aromatic rings. The van der Waals surface area contributed by atoms with Crippen molar-refractivity contribution in [3.63, 3.8) is 0 Å². The Bertz CT molecular complexity index is 738. The Morgan fingerprint density at radius 2 is 1.71 bits per heavy atom. The molecule has 110 valence electrons. The number of hydrogen-bond donors (Lipinski definition) is 1. The Labute approximate surface area is 131 Å². The molecule has 10 heteroatoms. The minimum Gasteiger partial charge on any atom is -0.382 e. The van der Waals surface area contributed by atoms with Gasteiger partial charge in [0.15, 0.2) is 5.15 Å². The minimum absolute atomic E-state index is 0.0905. The van der Waals surface area contributed by atoms with E-state index in [0.29, 0.717) is 12.1 Å². The van der Waals surface area contributed by atoms with Gasteiger partial charge in [-0.3, -0.25) is 0 Å². The molecular formula is C11H4Cl3F3N4. The van der Waals surface area contributed by atoms with Crippen molar-refractivity contribution >= 4 is 40.6 Å². The van der Waals surface area contributed by atoms with Crippen LogP contribution in [0.4, 0.5) is 19.0 Å². The quantitative estimate of drug-likeness (QED) is 0.829. The van der Waals surface area contributed by atoms with Crippen molar-refractivity contribution in [1.29, 1.82) is 5.26 Å². The lowest BCUT2D eigenvalue weighted by Gasteiger charge is -2.13. The average Bonchev–Trinajstić information content (AvgIpc) is 2.62. The van der Waals surface area contributed by atoms with Crippen molar-refractivity contribution in [2.24, 2.45) is 0 Å². The first kappa shape index (κ1) is 15.8. The number of aromatic nitrogens is 2. The standard InChI is InChI=1S/C11H4Cl3F3N4/c12-6-1-4(11(15,16)17)2-7(13)8(6)21-10(19)5(3-18)9(14)20-21/h1-2H,19H2. The van der Waals surface area contributed by atoms with Crippen LogP contribution in [0.1, 0.15) is 11.1 Å². The van der Waals surface area contributed by atoms with E-state index in [4.69, 9.17) is 45.8 Å². The second kappa shape index (κ2) is 5.30. The maximum atomic E-state index is 12.7. The summed E-state index contributed by atoms with van der Waals surface area (Å²) in [5, 5.41) is 11.8. The molecule has 0 aliphatic carbocycles. The fourth-order valence-corrected chi connectivity index (χ4v) is 2.47. The Morgan fingerprint density at radius 3 is 2.10 bits per heavy atom. The molecule has 0 fully saturated rings. The maximum absolute atomic E-state index is 12.7. The zero-order valence-electron chi connectivity index (χ0n) is 9.84. The number of hydrogen-bond acceptors (Lipinski definition) is 3. The van der Waals surface area contributed by atoms with Gasteiger partial charge in [0.25, 0.3) is 0 Å². The van der Waals surface area contributed by atoms with Crippen molar-refractivity contribution in [2.45, 2.75) is 6.18 Å². The smallest absolute Gasteiger partial charge is 0.382 e. The van der Waals surface area contributed by atoms with E-state index in [0.717, 1.165) is 4.68 Å². The SMILES string of the molecule is N#Cc1c(Cl)nn(-c2c(Cl)cc(C(F)(F)F)cc2Cl)c1N. The second-order valence-electron chi connectivity index (χ2n) is 3.86. The lowest BCUT2D eigenvalue weighted by Crippen LogP contribution is -2.08. The summed E-state index contributed by atoms with van der Waals surface area (Å²) in [6.07, 6.45) is -4.60. The Balaban J connectivity index is 2.70. The maximum Gasteiger partial charge on any atom is 0.416 e. The van der Waals surface area contributed by atoms with Crippen molar-refractivity contribution in [3.8, 4) is 11.8 Å². The minimum atomic E-state index is -4.60. The van der Waals surface area contributed by atoms with Crippen LogP contribution in [0.5, 0.6) is 0 Å². The van der Waals surface area contributed by atoms with Crippen LogP contribution in [0.25, 0.3) is 5.69 Å². The van der Waals surface area contributed by atoms with Crippen LogP contribution in [-0.2, 0) is 6.18 Å². The monoisotopic (exact) mass is 354 g/mol. The van der Waals surface area contributed by atoms with Crippen molar-refractivity contribution in [2.75, 3.05) is 5.73 Å². The molecule has 1 aromatic heterocycles. The molecule has 0 aliphatic rings. The predicted octanol–water partition coefficient (Wildman–Crippen LogP) is 4.31. The van der Waals surface area contributed by atoms with Crippen LogP contribution >= 0.6 is 34.8 Å².